The lowest BCUT2D eigenvalue weighted by Crippen LogP contribution is -2.39. The second kappa shape index (κ2) is 7.66. The van der Waals surface area contributed by atoms with Crippen molar-refractivity contribution in [2.75, 3.05) is 13.1 Å². The molecule has 0 aliphatic carbocycles. The number of Topliss-reactive ketones (excluding diaryl/α,β-unsaturated/α-hetero) is 1. The van der Waals surface area contributed by atoms with Gasteiger partial charge in [-0.1, -0.05) is 0 Å². The zero-order chi connectivity index (χ0) is 19.7. The molecule has 2 aromatic heterocycles. The molecule has 0 radical (unpaired) electrons. The Morgan fingerprint density at radius 3 is 2.44 bits per heavy atom. The van der Waals surface area contributed by atoms with Crippen molar-refractivity contribution in [3.8, 4) is 0 Å². The van der Waals surface area contributed by atoms with Gasteiger partial charge in [-0.2, -0.15) is 10.2 Å². The molecule has 3 heterocycles. The van der Waals surface area contributed by atoms with Crippen molar-refractivity contribution >= 4 is 11.7 Å². The summed E-state index contributed by atoms with van der Waals surface area (Å²) in [4.78, 5) is 26.5. The van der Waals surface area contributed by atoms with Gasteiger partial charge in [0, 0.05) is 36.8 Å². The number of aromatic nitrogens is 4. The van der Waals surface area contributed by atoms with Crippen LogP contribution in [0, 0.1) is 20.8 Å². The van der Waals surface area contributed by atoms with Crippen LogP contribution in [-0.2, 0) is 4.79 Å². The zero-order valence-corrected chi connectivity index (χ0v) is 16.9. The maximum absolute atomic E-state index is 12.8. The maximum atomic E-state index is 12.8. The van der Waals surface area contributed by atoms with Gasteiger partial charge in [-0.25, -0.2) is 0 Å². The van der Waals surface area contributed by atoms with Crippen molar-refractivity contribution in [3.05, 3.63) is 34.4 Å². The Morgan fingerprint density at radius 2 is 1.93 bits per heavy atom. The predicted octanol–water partition coefficient (Wildman–Crippen LogP) is 3.09. The third-order valence-electron chi connectivity index (χ3n) is 5.69. The van der Waals surface area contributed by atoms with Gasteiger partial charge in [0.15, 0.2) is 5.78 Å². The smallest absolute Gasteiger partial charge is 0.224 e. The lowest BCUT2D eigenvalue weighted by Gasteiger charge is -2.32. The summed E-state index contributed by atoms with van der Waals surface area (Å²) in [6.07, 6.45) is 4.17. The number of aryl methyl sites for hydroxylation is 2. The Labute approximate surface area is 160 Å². The van der Waals surface area contributed by atoms with E-state index in [1.54, 1.807) is 6.92 Å². The summed E-state index contributed by atoms with van der Waals surface area (Å²) in [5, 5.41) is 11.7. The third kappa shape index (κ3) is 3.82. The van der Waals surface area contributed by atoms with Crippen molar-refractivity contribution in [1.29, 1.82) is 0 Å². The third-order valence-corrected chi connectivity index (χ3v) is 5.69. The fraction of sp³-hybridized carbons (Fsp3) is 0.600. The molecule has 0 spiro atoms. The molecular formula is C20H29N5O2. The minimum absolute atomic E-state index is 0.0194. The molecule has 0 aromatic carbocycles. The number of ketones is 1. The first kappa shape index (κ1) is 19.3. The number of carbonyl (C=O) groups is 2. The molecule has 146 valence electrons. The van der Waals surface area contributed by atoms with Crippen molar-refractivity contribution in [2.45, 2.75) is 65.8 Å². The Hall–Kier alpha value is -2.44. The first-order valence-corrected chi connectivity index (χ1v) is 9.63. The average molecular weight is 371 g/mol. The molecule has 2 aromatic rings. The first-order valence-electron chi connectivity index (χ1n) is 9.63. The summed E-state index contributed by atoms with van der Waals surface area (Å²) in [5.74, 6) is 0.619. The van der Waals surface area contributed by atoms with E-state index in [4.69, 9.17) is 0 Å². The summed E-state index contributed by atoms with van der Waals surface area (Å²) in [6.45, 7) is 10.9. The molecule has 0 saturated carbocycles. The Morgan fingerprint density at radius 1 is 1.26 bits per heavy atom. The van der Waals surface area contributed by atoms with Gasteiger partial charge >= 0.3 is 0 Å². The number of H-pyrrole nitrogens is 1. The number of hydrogen-bond donors (Lipinski definition) is 1. The van der Waals surface area contributed by atoms with E-state index in [-0.39, 0.29) is 17.7 Å². The van der Waals surface area contributed by atoms with Crippen LogP contribution in [0.4, 0.5) is 0 Å². The van der Waals surface area contributed by atoms with Crippen molar-refractivity contribution in [3.63, 3.8) is 0 Å². The number of nitrogens with one attached hydrogen (secondary N) is 1. The number of piperidine rings is 1. The molecule has 1 aliphatic rings. The molecule has 7 nitrogen and oxygen atoms in total. The van der Waals surface area contributed by atoms with Crippen LogP contribution in [0.3, 0.4) is 0 Å². The Balaban J connectivity index is 1.61. The number of rotatable bonds is 5. The second-order valence-electron chi connectivity index (χ2n) is 7.72. The van der Waals surface area contributed by atoms with Gasteiger partial charge in [0.25, 0.3) is 0 Å². The van der Waals surface area contributed by atoms with Crippen LogP contribution in [0.1, 0.15) is 78.1 Å². The SMILES string of the molecule is CC(=O)c1c(C)nn(C(C)CC(=O)N2CCC(c3[nH]ncc3C)CC2)c1C. The van der Waals surface area contributed by atoms with Crippen LogP contribution < -0.4 is 0 Å². The number of likely N-dealkylation sites (tertiary alicyclic amines) is 1. The average Bonchev–Trinajstić information content (AvgIpc) is 3.17. The summed E-state index contributed by atoms with van der Waals surface area (Å²) < 4.78 is 1.82. The standard InChI is InChI=1S/C20H29N5O2/c1-12-11-21-22-20(12)17-6-8-24(9-7-17)18(27)10-13(2)25-15(4)19(16(5)26)14(3)23-25/h11,13,17H,6-10H2,1-5H3,(H,21,22). The van der Waals surface area contributed by atoms with Gasteiger partial charge in [-0.05, 0) is 53.0 Å². The normalized spacial score (nSPS) is 16.6. The van der Waals surface area contributed by atoms with E-state index < -0.39 is 0 Å². The molecule has 1 aliphatic heterocycles. The molecule has 0 bridgehead atoms. The molecule has 1 N–H and O–H groups in total. The van der Waals surface area contributed by atoms with Crippen LogP contribution in [0.15, 0.2) is 6.20 Å². The topological polar surface area (TPSA) is 83.9 Å². The van der Waals surface area contributed by atoms with Crippen LogP contribution in [0.25, 0.3) is 0 Å². The van der Waals surface area contributed by atoms with E-state index in [1.807, 2.05) is 36.5 Å². The van der Waals surface area contributed by atoms with Crippen molar-refractivity contribution in [2.24, 2.45) is 0 Å². The highest BCUT2D eigenvalue weighted by atomic mass is 16.2. The van der Waals surface area contributed by atoms with E-state index in [0.29, 0.717) is 17.9 Å². The maximum Gasteiger partial charge on any atom is 0.224 e. The van der Waals surface area contributed by atoms with Crippen molar-refractivity contribution in [1.82, 2.24) is 24.9 Å². The number of aromatic amines is 1. The highest BCUT2D eigenvalue weighted by Crippen LogP contribution is 2.29. The highest BCUT2D eigenvalue weighted by Gasteiger charge is 2.27. The van der Waals surface area contributed by atoms with Gasteiger partial charge < -0.3 is 4.90 Å². The quantitative estimate of drug-likeness (QED) is 0.819. The van der Waals surface area contributed by atoms with Crippen LogP contribution in [0.5, 0.6) is 0 Å². The molecule has 1 saturated heterocycles. The van der Waals surface area contributed by atoms with E-state index >= 15 is 0 Å². The summed E-state index contributed by atoms with van der Waals surface area (Å²) in [7, 11) is 0. The summed E-state index contributed by atoms with van der Waals surface area (Å²) >= 11 is 0. The number of hydrogen-bond acceptors (Lipinski definition) is 4. The van der Waals surface area contributed by atoms with E-state index in [9.17, 15) is 9.59 Å². The van der Waals surface area contributed by atoms with Gasteiger partial charge in [-0.15, -0.1) is 0 Å². The largest absolute Gasteiger partial charge is 0.343 e. The second-order valence-corrected chi connectivity index (χ2v) is 7.72. The Kier molecular flexibility index (Phi) is 5.48. The molecule has 1 unspecified atom stereocenters. The van der Waals surface area contributed by atoms with Gasteiger partial charge in [0.2, 0.25) is 5.91 Å². The van der Waals surface area contributed by atoms with E-state index in [1.165, 1.54) is 11.3 Å². The van der Waals surface area contributed by atoms with E-state index in [2.05, 4.69) is 22.2 Å². The molecule has 7 heteroatoms. The fourth-order valence-corrected chi connectivity index (χ4v) is 4.26. The number of nitrogens with zero attached hydrogens (tertiary/aromatic N) is 4. The predicted molar refractivity (Wildman–Crippen MR) is 103 cm³/mol. The molecule has 3 rings (SSSR count). The molecule has 1 atom stereocenters. The van der Waals surface area contributed by atoms with Crippen LogP contribution >= 0.6 is 0 Å². The summed E-state index contributed by atoms with van der Waals surface area (Å²) in [5.41, 5.74) is 4.64. The highest BCUT2D eigenvalue weighted by molar-refractivity contribution is 5.96. The lowest BCUT2D eigenvalue weighted by molar-refractivity contribution is -0.133. The Bertz CT molecular complexity index is 843. The first-order chi connectivity index (χ1) is 12.8. The minimum Gasteiger partial charge on any atom is -0.343 e. The zero-order valence-electron chi connectivity index (χ0n) is 16.9. The van der Waals surface area contributed by atoms with Gasteiger partial charge in [0.1, 0.15) is 0 Å². The monoisotopic (exact) mass is 371 g/mol. The van der Waals surface area contributed by atoms with Gasteiger partial charge in [0.05, 0.1) is 23.5 Å². The molecule has 1 fully saturated rings. The van der Waals surface area contributed by atoms with Crippen LogP contribution in [0.2, 0.25) is 0 Å². The minimum atomic E-state index is -0.0723. The van der Waals surface area contributed by atoms with E-state index in [0.717, 1.165) is 37.3 Å². The van der Waals surface area contributed by atoms with Crippen molar-refractivity contribution < 1.29 is 9.59 Å². The van der Waals surface area contributed by atoms with Crippen LogP contribution in [-0.4, -0.2) is 49.7 Å². The molecule has 27 heavy (non-hydrogen) atoms. The lowest BCUT2D eigenvalue weighted by atomic mass is 9.91. The molecular weight excluding hydrogens is 342 g/mol. The summed E-state index contributed by atoms with van der Waals surface area (Å²) in [6, 6.07) is -0.0723. The van der Waals surface area contributed by atoms with Gasteiger partial charge in [-0.3, -0.25) is 19.4 Å². The number of carbonyl (C=O) groups excluding carboxylic acids is 2. The molecule has 1 amide bonds. The number of amides is 1. The fourth-order valence-electron chi connectivity index (χ4n) is 4.26.